The monoisotopic (exact) mass is 285 g/mol. The molecule has 21 heavy (non-hydrogen) atoms. The second kappa shape index (κ2) is 6.42. The van der Waals surface area contributed by atoms with Crippen LogP contribution in [0.3, 0.4) is 0 Å². The lowest BCUT2D eigenvalue weighted by Crippen LogP contribution is -2.42. The maximum atomic E-state index is 12.3. The van der Waals surface area contributed by atoms with E-state index in [9.17, 15) is 9.59 Å². The van der Waals surface area contributed by atoms with Gasteiger partial charge in [0.15, 0.2) is 0 Å². The molecule has 3 nitrogen and oxygen atoms in total. The normalized spacial score (nSPS) is 28.2. The van der Waals surface area contributed by atoms with Crippen LogP contribution in [0.2, 0.25) is 0 Å². The highest BCUT2D eigenvalue weighted by molar-refractivity contribution is 5.88. The molecule has 2 bridgehead atoms. The van der Waals surface area contributed by atoms with Crippen LogP contribution in [0.4, 0.5) is 0 Å². The predicted octanol–water partition coefficient (Wildman–Crippen LogP) is 2.74. The number of hydrogen-bond acceptors (Lipinski definition) is 2. The van der Waals surface area contributed by atoms with Gasteiger partial charge in [-0.1, -0.05) is 36.8 Å². The molecule has 3 rings (SSSR count). The topological polar surface area (TPSA) is 46.2 Å². The third kappa shape index (κ3) is 3.34. The van der Waals surface area contributed by atoms with Crippen LogP contribution < -0.4 is 5.32 Å². The van der Waals surface area contributed by atoms with Gasteiger partial charge in [-0.05, 0) is 37.7 Å². The molecule has 0 aliphatic heterocycles. The minimum Gasteiger partial charge on any atom is -0.356 e. The van der Waals surface area contributed by atoms with Crippen LogP contribution in [0.25, 0.3) is 0 Å². The van der Waals surface area contributed by atoms with Crippen molar-refractivity contribution in [2.45, 2.75) is 38.5 Å². The molecule has 2 saturated carbocycles. The summed E-state index contributed by atoms with van der Waals surface area (Å²) in [7, 11) is 0. The van der Waals surface area contributed by atoms with E-state index in [4.69, 9.17) is 0 Å². The van der Waals surface area contributed by atoms with Crippen LogP contribution in [0.5, 0.6) is 0 Å². The van der Waals surface area contributed by atoms with Crippen LogP contribution in [0.15, 0.2) is 30.3 Å². The SMILES string of the molecule is O=C(NCCc1ccccc1)C1CC2CCCC(C1)C2=O. The maximum Gasteiger partial charge on any atom is 0.223 e. The first-order chi connectivity index (χ1) is 10.2. The van der Waals surface area contributed by atoms with Crippen LogP contribution in [0, 0.1) is 17.8 Å². The molecule has 0 saturated heterocycles. The zero-order valence-electron chi connectivity index (χ0n) is 12.4. The van der Waals surface area contributed by atoms with Crippen molar-refractivity contribution >= 4 is 11.7 Å². The standard InChI is InChI=1S/C18H23NO2/c20-17-14-7-4-8-15(17)12-16(11-14)18(21)19-10-9-13-5-2-1-3-6-13/h1-3,5-6,14-16H,4,7-12H2,(H,19,21). The average molecular weight is 285 g/mol. The second-order valence-electron chi connectivity index (χ2n) is 6.42. The summed E-state index contributed by atoms with van der Waals surface area (Å²) < 4.78 is 0. The fraction of sp³-hybridized carbons (Fsp3) is 0.556. The van der Waals surface area contributed by atoms with E-state index in [0.717, 1.165) is 38.5 Å². The van der Waals surface area contributed by atoms with Crippen molar-refractivity contribution < 1.29 is 9.59 Å². The van der Waals surface area contributed by atoms with Crippen molar-refractivity contribution in [2.24, 2.45) is 17.8 Å². The number of rotatable bonds is 4. The van der Waals surface area contributed by atoms with E-state index in [0.29, 0.717) is 12.3 Å². The Bertz CT molecular complexity index is 495. The molecular weight excluding hydrogens is 262 g/mol. The fourth-order valence-electron chi connectivity index (χ4n) is 3.81. The lowest BCUT2D eigenvalue weighted by atomic mass is 9.67. The van der Waals surface area contributed by atoms with Crippen LogP contribution in [-0.2, 0) is 16.0 Å². The molecule has 2 aliphatic rings. The predicted molar refractivity (Wildman–Crippen MR) is 81.7 cm³/mol. The third-order valence-electron chi connectivity index (χ3n) is 4.97. The number of ketones is 1. The van der Waals surface area contributed by atoms with Crippen molar-refractivity contribution in [3.63, 3.8) is 0 Å². The number of benzene rings is 1. The van der Waals surface area contributed by atoms with Gasteiger partial charge in [0.1, 0.15) is 5.78 Å². The molecule has 1 aromatic carbocycles. The lowest BCUT2D eigenvalue weighted by molar-refractivity contribution is -0.137. The van der Waals surface area contributed by atoms with Gasteiger partial charge in [0.25, 0.3) is 0 Å². The smallest absolute Gasteiger partial charge is 0.223 e. The molecule has 2 aliphatic carbocycles. The number of nitrogens with one attached hydrogen (secondary N) is 1. The summed E-state index contributed by atoms with van der Waals surface area (Å²) in [6.07, 6.45) is 5.54. The van der Waals surface area contributed by atoms with E-state index in [1.54, 1.807) is 0 Å². The first-order valence-electron chi connectivity index (χ1n) is 8.09. The molecule has 2 atom stereocenters. The minimum absolute atomic E-state index is 0.0498. The highest BCUT2D eigenvalue weighted by Crippen LogP contribution is 2.40. The Hall–Kier alpha value is -1.64. The molecule has 0 aromatic heterocycles. The summed E-state index contributed by atoms with van der Waals surface area (Å²) in [6.45, 7) is 0.683. The highest BCUT2D eigenvalue weighted by atomic mass is 16.2. The number of carbonyl (C=O) groups is 2. The van der Waals surface area contributed by atoms with Crippen LogP contribution in [-0.4, -0.2) is 18.2 Å². The van der Waals surface area contributed by atoms with Gasteiger partial charge >= 0.3 is 0 Å². The van der Waals surface area contributed by atoms with Gasteiger partial charge in [-0.15, -0.1) is 0 Å². The number of Topliss-reactive ketones (excluding diaryl/α,β-unsaturated/α-hetero) is 1. The largest absolute Gasteiger partial charge is 0.356 e. The van der Waals surface area contributed by atoms with Gasteiger partial charge in [0, 0.05) is 24.3 Å². The Balaban J connectivity index is 1.49. The molecule has 0 heterocycles. The van der Waals surface area contributed by atoms with Gasteiger partial charge < -0.3 is 5.32 Å². The van der Waals surface area contributed by atoms with Gasteiger partial charge in [-0.3, -0.25) is 9.59 Å². The average Bonchev–Trinajstić information content (AvgIpc) is 2.48. The van der Waals surface area contributed by atoms with Crippen molar-refractivity contribution in [3.05, 3.63) is 35.9 Å². The summed E-state index contributed by atoms with van der Waals surface area (Å²) in [5.74, 6) is 0.934. The second-order valence-corrected chi connectivity index (χ2v) is 6.42. The number of carbonyl (C=O) groups excluding carboxylic acids is 2. The van der Waals surface area contributed by atoms with Gasteiger partial charge in [-0.2, -0.15) is 0 Å². The Labute approximate surface area is 126 Å². The Morgan fingerprint density at radius 1 is 1.10 bits per heavy atom. The fourth-order valence-corrected chi connectivity index (χ4v) is 3.81. The van der Waals surface area contributed by atoms with Gasteiger partial charge in [-0.25, -0.2) is 0 Å². The molecule has 2 fully saturated rings. The molecule has 2 unspecified atom stereocenters. The minimum atomic E-state index is 0.0498. The van der Waals surface area contributed by atoms with E-state index in [1.165, 1.54) is 5.56 Å². The summed E-state index contributed by atoms with van der Waals surface area (Å²) in [5, 5.41) is 3.05. The number of hydrogen-bond donors (Lipinski definition) is 1. The Morgan fingerprint density at radius 2 is 1.76 bits per heavy atom. The van der Waals surface area contributed by atoms with Crippen LogP contribution in [0.1, 0.15) is 37.7 Å². The summed E-state index contributed by atoms with van der Waals surface area (Å²) >= 11 is 0. The van der Waals surface area contributed by atoms with Crippen LogP contribution >= 0.6 is 0 Å². The Morgan fingerprint density at radius 3 is 2.43 bits per heavy atom. The highest BCUT2D eigenvalue weighted by Gasteiger charge is 2.41. The number of amides is 1. The van der Waals surface area contributed by atoms with Crippen molar-refractivity contribution in [1.82, 2.24) is 5.32 Å². The molecule has 3 heteroatoms. The maximum absolute atomic E-state index is 12.3. The molecule has 1 N–H and O–H groups in total. The molecule has 1 amide bonds. The zero-order valence-corrected chi connectivity index (χ0v) is 12.4. The molecule has 1 aromatic rings. The molecule has 112 valence electrons. The van der Waals surface area contributed by atoms with E-state index in [2.05, 4.69) is 17.4 Å². The quantitative estimate of drug-likeness (QED) is 0.924. The van der Waals surface area contributed by atoms with E-state index >= 15 is 0 Å². The Kier molecular flexibility index (Phi) is 4.37. The number of fused-ring (bicyclic) bond motifs is 2. The first kappa shape index (κ1) is 14.3. The molecular formula is C18H23NO2. The summed E-state index contributed by atoms with van der Waals surface area (Å²) in [6, 6.07) is 10.2. The summed E-state index contributed by atoms with van der Waals surface area (Å²) in [4.78, 5) is 24.3. The van der Waals surface area contributed by atoms with E-state index in [1.807, 2.05) is 18.2 Å². The van der Waals surface area contributed by atoms with Gasteiger partial charge in [0.05, 0.1) is 0 Å². The zero-order chi connectivity index (χ0) is 14.7. The van der Waals surface area contributed by atoms with E-state index in [-0.39, 0.29) is 23.7 Å². The molecule has 0 radical (unpaired) electrons. The van der Waals surface area contributed by atoms with Crippen molar-refractivity contribution in [1.29, 1.82) is 0 Å². The van der Waals surface area contributed by atoms with Gasteiger partial charge in [0.2, 0.25) is 5.91 Å². The van der Waals surface area contributed by atoms with Crippen molar-refractivity contribution in [3.8, 4) is 0 Å². The van der Waals surface area contributed by atoms with Crippen molar-refractivity contribution in [2.75, 3.05) is 6.54 Å². The third-order valence-corrected chi connectivity index (χ3v) is 4.97. The van der Waals surface area contributed by atoms with E-state index < -0.39 is 0 Å². The first-order valence-corrected chi connectivity index (χ1v) is 8.09. The summed E-state index contributed by atoms with van der Waals surface area (Å²) in [5.41, 5.74) is 1.24. The lowest BCUT2D eigenvalue weighted by Gasteiger charge is -2.36. The molecule has 0 spiro atoms.